The van der Waals surface area contributed by atoms with Crippen LogP contribution >= 0.6 is 11.3 Å². The highest BCUT2D eigenvalue weighted by molar-refractivity contribution is 7.09. The Morgan fingerprint density at radius 2 is 1.80 bits per heavy atom. The smallest absolute Gasteiger partial charge is 0.273 e. The molecule has 1 fully saturated rings. The Bertz CT molecular complexity index is 1480. The summed E-state index contributed by atoms with van der Waals surface area (Å²) in [4.78, 5) is 63.9. The van der Waals surface area contributed by atoms with Gasteiger partial charge in [0, 0.05) is 24.9 Å². The predicted molar refractivity (Wildman–Crippen MR) is 168 cm³/mol. The first kappa shape index (κ1) is 32.3. The van der Waals surface area contributed by atoms with Crippen LogP contribution in [0.2, 0.25) is 0 Å². The number of oxazole rings is 1. The van der Waals surface area contributed by atoms with Crippen LogP contribution in [-0.2, 0) is 16.0 Å². The molecule has 5 rings (SSSR count). The molecule has 45 heavy (non-hydrogen) atoms. The lowest BCUT2D eigenvalue weighted by atomic mass is 9.83. The number of nitrogens with two attached hydrogens (primary N) is 1. The number of benzene rings is 1. The number of thiazole rings is 1. The fourth-order valence-electron chi connectivity index (χ4n) is 5.84. The molecule has 4 bridgehead atoms. The number of hydrogen-bond acceptors (Lipinski definition) is 9. The van der Waals surface area contributed by atoms with Crippen LogP contribution < -0.4 is 21.7 Å². The van der Waals surface area contributed by atoms with Crippen LogP contribution in [0.1, 0.15) is 95.5 Å². The Kier molecular flexibility index (Phi) is 10.6. The van der Waals surface area contributed by atoms with Gasteiger partial charge in [-0.3, -0.25) is 19.2 Å². The minimum absolute atomic E-state index is 0.0312. The summed E-state index contributed by atoms with van der Waals surface area (Å²) in [5, 5.41) is 11.0. The second kappa shape index (κ2) is 14.8. The molecule has 3 heterocycles. The van der Waals surface area contributed by atoms with Crippen LogP contribution in [-0.4, -0.2) is 64.2 Å². The van der Waals surface area contributed by atoms with E-state index in [0.29, 0.717) is 11.4 Å². The Balaban J connectivity index is 1.43. The van der Waals surface area contributed by atoms with E-state index >= 15 is 0 Å². The summed E-state index contributed by atoms with van der Waals surface area (Å²) in [7, 11) is 0. The maximum Gasteiger partial charge on any atom is 0.273 e. The van der Waals surface area contributed by atoms with Gasteiger partial charge in [0.2, 0.25) is 17.7 Å². The fourth-order valence-corrected chi connectivity index (χ4v) is 6.86. The number of amides is 4. The Hall–Kier alpha value is -4.10. The van der Waals surface area contributed by atoms with Crippen molar-refractivity contribution >= 4 is 35.0 Å². The van der Waals surface area contributed by atoms with Gasteiger partial charge in [0.05, 0.1) is 18.6 Å². The molecule has 3 aromatic rings. The number of aromatic nitrogens is 2. The molecule has 3 atom stereocenters. The highest BCUT2D eigenvalue weighted by Crippen LogP contribution is 2.28. The molecule has 240 valence electrons. The van der Waals surface area contributed by atoms with Gasteiger partial charge in [-0.2, -0.15) is 0 Å². The summed E-state index contributed by atoms with van der Waals surface area (Å²) in [6.07, 6.45) is 6.54. The molecule has 0 radical (unpaired) electrons. The van der Waals surface area contributed by atoms with Crippen molar-refractivity contribution in [3.05, 3.63) is 69.8 Å². The summed E-state index contributed by atoms with van der Waals surface area (Å²) in [6.45, 7) is 3.83. The van der Waals surface area contributed by atoms with Gasteiger partial charge < -0.3 is 31.0 Å². The molecular weight excluding hydrogens is 594 g/mol. The first-order chi connectivity index (χ1) is 21.7. The van der Waals surface area contributed by atoms with E-state index in [9.17, 15) is 19.2 Å². The third kappa shape index (κ3) is 8.14. The molecule has 0 unspecified atom stereocenters. The summed E-state index contributed by atoms with van der Waals surface area (Å²) in [6, 6.07) is 7.66. The normalized spacial score (nSPS) is 21.3. The number of fused-ring (bicyclic) bond motifs is 4. The van der Waals surface area contributed by atoms with E-state index in [1.54, 1.807) is 5.38 Å². The average molecular weight is 636 g/mol. The Morgan fingerprint density at radius 1 is 1.04 bits per heavy atom. The molecule has 5 N–H and O–H groups in total. The second-order valence-corrected chi connectivity index (χ2v) is 13.0. The van der Waals surface area contributed by atoms with Crippen molar-refractivity contribution in [1.29, 1.82) is 0 Å². The minimum Gasteiger partial charge on any atom is -0.446 e. The molecule has 1 aliphatic carbocycles. The van der Waals surface area contributed by atoms with Crippen LogP contribution in [0.15, 0.2) is 46.4 Å². The molecule has 2 aromatic heterocycles. The second-order valence-electron chi connectivity index (χ2n) is 12.1. The van der Waals surface area contributed by atoms with Crippen LogP contribution in [0.25, 0.3) is 0 Å². The molecule has 13 heteroatoms. The van der Waals surface area contributed by atoms with Gasteiger partial charge in [-0.15, -0.1) is 11.3 Å². The molecule has 4 amide bonds. The summed E-state index contributed by atoms with van der Waals surface area (Å²) in [5.74, 6) is -1.46. The molecule has 12 nitrogen and oxygen atoms in total. The molecule has 0 saturated heterocycles. The van der Waals surface area contributed by atoms with Crippen LogP contribution in [0.4, 0.5) is 0 Å². The summed E-state index contributed by atoms with van der Waals surface area (Å²) >= 11 is 1.28. The average Bonchev–Trinajstić information content (AvgIpc) is 3.74. The van der Waals surface area contributed by atoms with E-state index in [4.69, 9.17) is 10.2 Å². The minimum atomic E-state index is -0.729. The number of hydrogen-bond donors (Lipinski definition) is 4. The van der Waals surface area contributed by atoms with Crippen molar-refractivity contribution in [3.8, 4) is 0 Å². The monoisotopic (exact) mass is 635 g/mol. The van der Waals surface area contributed by atoms with Crippen LogP contribution in [0.3, 0.4) is 0 Å². The SMILES string of the molecule is CC(C)[C@@H]1NC(=O)CN(C(=O)[C@@H](N)C2CCCCC2)CCNC(=O)c2coc(n2)[C@H](Cc2ccccc2)NC(=O)c2csc1n2. The third-order valence-corrected chi connectivity index (χ3v) is 9.33. The molecule has 1 aromatic carbocycles. The zero-order valence-corrected chi connectivity index (χ0v) is 26.5. The topological polar surface area (TPSA) is 173 Å². The first-order valence-corrected chi connectivity index (χ1v) is 16.4. The number of carbonyl (C=O) groups excluding carboxylic acids is 4. The van der Waals surface area contributed by atoms with Gasteiger partial charge in [0.25, 0.3) is 11.8 Å². The van der Waals surface area contributed by atoms with E-state index in [0.717, 1.165) is 37.7 Å². The molecule has 1 aliphatic heterocycles. The van der Waals surface area contributed by atoms with Crippen molar-refractivity contribution in [1.82, 2.24) is 30.8 Å². The summed E-state index contributed by atoms with van der Waals surface area (Å²) in [5.41, 5.74) is 7.62. The highest BCUT2D eigenvalue weighted by atomic mass is 32.1. The first-order valence-electron chi connectivity index (χ1n) is 15.6. The Labute approximate surface area is 266 Å². The standard InChI is InChI=1S/C32H41N7O5S/c1-19(2)27-31-37-24(18-45-31)29(42)35-22(15-20-9-5-3-6-10-20)30-36-23(17-44-30)28(41)34-13-14-39(16-25(40)38-27)32(43)26(33)21-11-7-4-8-12-21/h3,5-6,9-10,17-19,21-22,26-27H,4,7-8,11-16,33H2,1-2H3,(H,34,41)(H,35,42)(H,38,40)/t22-,26-,27-/m0/s1. The summed E-state index contributed by atoms with van der Waals surface area (Å²) < 4.78 is 5.70. The molecular formula is C32H41N7O5S. The van der Waals surface area contributed by atoms with Crippen molar-refractivity contribution in [2.75, 3.05) is 19.6 Å². The number of nitrogens with one attached hydrogen (secondary N) is 3. The highest BCUT2D eigenvalue weighted by Gasteiger charge is 2.32. The van der Waals surface area contributed by atoms with Crippen molar-refractivity contribution < 1.29 is 23.6 Å². The van der Waals surface area contributed by atoms with Gasteiger partial charge in [0.1, 0.15) is 23.0 Å². The lowest BCUT2D eigenvalue weighted by molar-refractivity contribution is -0.138. The van der Waals surface area contributed by atoms with Gasteiger partial charge >= 0.3 is 0 Å². The van der Waals surface area contributed by atoms with E-state index in [2.05, 4.69) is 25.9 Å². The van der Waals surface area contributed by atoms with Gasteiger partial charge in [-0.25, -0.2) is 9.97 Å². The number of carbonyl (C=O) groups is 4. The largest absolute Gasteiger partial charge is 0.446 e. The van der Waals surface area contributed by atoms with E-state index in [-0.39, 0.29) is 60.6 Å². The predicted octanol–water partition coefficient (Wildman–Crippen LogP) is 3.14. The molecule has 2 aliphatic rings. The lowest BCUT2D eigenvalue weighted by Gasteiger charge is -2.32. The van der Waals surface area contributed by atoms with E-state index < -0.39 is 29.9 Å². The number of nitrogens with zero attached hydrogens (tertiary/aromatic N) is 3. The maximum absolute atomic E-state index is 13.6. The van der Waals surface area contributed by atoms with Crippen molar-refractivity contribution in [2.45, 2.75) is 70.5 Å². The Morgan fingerprint density at radius 3 is 2.53 bits per heavy atom. The molecule has 0 spiro atoms. The molecule has 1 saturated carbocycles. The van der Waals surface area contributed by atoms with E-state index in [1.165, 1.54) is 22.5 Å². The van der Waals surface area contributed by atoms with E-state index in [1.807, 2.05) is 44.2 Å². The van der Waals surface area contributed by atoms with Gasteiger partial charge in [-0.1, -0.05) is 63.4 Å². The maximum atomic E-state index is 13.6. The third-order valence-electron chi connectivity index (χ3n) is 8.40. The zero-order chi connectivity index (χ0) is 31.9. The quantitative estimate of drug-likeness (QED) is 0.331. The van der Waals surface area contributed by atoms with Crippen LogP contribution in [0.5, 0.6) is 0 Å². The fraction of sp³-hybridized carbons (Fsp3) is 0.500. The van der Waals surface area contributed by atoms with Crippen LogP contribution in [0, 0.1) is 11.8 Å². The number of rotatable bonds is 5. The van der Waals surface area contributed by atoms with Crippen molar-refractivity contribution in [3.63, 3.8) is 0 Å². The zero-order valence-electron chi connectivity index (χ0n) is 25.7. The lowest BCUT2D eigenvalue weighted by Crippen LogP contribution is -2.53. The van der Waals surface area contributed by atoms with Gasteiger partial charge in [0.15, 0.2) is 5.69 Å². The van der Waals surface area contributed by atoms with Crippen molar-refractivity contribution in [2.24, 2.45) is 17.6 Å². The van der Waals surface area contributed by atoms with Gasteiger partial charge in [-0.05, 0) is 30.2 Å².